The average molecular weight is 381 g/mol. The summed E-state index contributed by atoms with van der Waals surface area (Å²) < 4.78 is 0. The van der Waals surface area contributed by atoms with Gasteiger partial charge in [0.1, 0.15) is 5.82 Å². The monoisotopic (exact) mass is 380 g/mol. The molecule has 1 aromatic carbocycles. The highest BCUT2D eigenvalue weighted by atomic mass is 32.1. The fourth-order valence-corrected chi connectivity index (χ4v) is 4.40. The molecule has 1 aromatic heterocycles. The number of thiocarbonyl (C=S) groups is 1. The molecule has 4 rings (SSSR count). The van der Waals surface area contributed by atoms with Gasteiger partial charge < -0.3 is 15.5 Å². The van der Waals surface area contributed by atoms with Crippen LogP contribution in [-0.4, -0.2) is 22.7 Å². The topological polar surface area (TPSA) is 40.2 Å². The third-order valence-corrected chi connectivity index (χ3v) is 5.87. The number of hydrogen-bond acceptors (Lipinski definition) is 3. The summed E-state index contributed by atoms with van der Waals surface area (Å²) in [5, 5.41) is 7.48. The predicted molar refractivity (Wildman–Crippen MR) is 116 cm³/mol. The van der Waals surface area contributed by atoms with Gasteiger partial charge in [-0.1, -0.05) is 49.9 Å². The second kappa shape index (κ2) is 8.70. The Labute approximate surface area is 167 Å². The number of fused-ring (bicyclic) bond motifs is 1. The third-order valence-electron chi connectivity index (χ3n) is 5.65. The number of benzene rings is 1. The number of pyridine rings is 1. The lowest BCUT2D eigenvalue weighted by Gasteiger charge is -2.29. The zero-order valence-corrected chi connectivity index (χ0v) is 16.6. The first-order valence-corrected chi connectivity index (χ1v) is 10.5. The van der Waals surface area contributed by atoms with Gasteiger partial charge >= 0.3 is 0 Å². The molecular weight excluding hydrogens is 352 g/mol. The van der Waals surface area contributed by atoms with Crippen molar-refractivity contribution in [3.05, 3.63) is 53.7 Å². The van der Waals surface area contributed by atoms with Crippen molar-refractivity contribution in [3.8, 4) is 0 Å². The molecule has 0 saturated heterocycles. The second-order valence-corrected chi connectivity index (χ2v) is 8.04. The molecule has 4 nitrogen and oxygen atoms in total. The molecule has 1 saturated carbocycles. The predicted octanol–water partition coefficient (Wildman–Crippen LogP) is 4.65. The minimum atomic E-state index is 0.508. The largest absolute Gasteiger partial charge is 0.360 e. The highest BCUT2D eigenvalue weighted by Gasteiger charge is 2.17. The Bertz CT molecular complexity index is 766. The van der Waals surface area contributed by atoms with Crippen molar-refractivity contribution in [2.45, 2.75) is 57.5 Å². The molecule has 2 aliphatic rings. The Kier molecular flexibility index (Phi) is 5.87. The molecule has 1 fully saturated rings. The number of aromatic nitrogens is 1. The number of anilines is 2. The Morgan fingerprint density at radius 3 is 2.52 bits per heavy atom. The van der Waals surface area contributed by atoms with Crippen molar-refractivity contribution in [2.75, 3.05) is 16.8 Å². The smallest absolute Gasteiger partial charge is 0.171 e. The number of nitrogens with zero attached hydrogens (tertiary/aromatic N) is 2. The van der Waals surface area contributed by atoms with Gasteiger partial charge in [0.05, 0.1) is 11.9 Å². The minimum absolute atomic E-state index is 0.508. The average Bonchev–Trinajstić information content (AvgIpc) is 2.97. The lowest BCUT2D eigenvalue weighted by atomic mass is 10.00. The maximum Gasteiger partial charge on any atom is 0.171 e. The van der Waals surface area contributed by atoms with Gasteiger partial charge in [0, 0.05) is 19.1 Å². The molecule has 5 heteroatoms. The van der Waals surface area contributed by atoms with Crippen LogP contribution in [0.15, 0.2) is 42.6 Å². The van der Waals surface area contributed by atoms with E-state index < -0.39 is 0 Å². The molecule has 1 aliphatic carbocycles. The van der Waals surface area contributed by atoms with E-state index in [-0.39, 0.29) is 0 Å². The molecule has 0 bridgehead atoms. The Morgan fingerprint density at radius 1 is 1.00 bits per heavy atom. The normalized spacial score (nSPS) is 17.7. The molecule has 2 heterocycles. The lowest BCUT2D eigenvalue weighted by molar-refractivity contribution is 0.535. The molecule has 0 radical (unpaired) electrons. The van der Waals surface area contributed by atoms with Crippen LogP contribution >= 0.6 is 12.2 Å². The molecule has 0 spiro atoms. The highest BCUT2D eigenvalue weighted by molar-refractivity contribution is 7.80. The summed E-state index contributed by atoms with van der Waals surface area (Å²) in [6.45, 7) is 1.94. The van der Waals surface area contributed by atoms with Crippen LogP contribution in [0.5, 0.6) is 0 Å². The number of rotatable bonds is 3. The Morgan fingerprint density at radius 2 is 1.78 bits per heavy atom. The van der Waals surface area contributed by atoms with Gasteiger partial charge in [-0.2, -0.15) is 0 Å². The second-order valence-electron chi connectivity index (χ2n) is 7.63. The first kappa shape index (κ1) is 18.2. The lowest BCUT2D eigenvalue weighted by Crippen LogP contribution is -2.37. The van der Waals surface area contributed by atoms with E-state index in [0.29, 0.717) is 11.2 Å². The molecule has 0 unspecified atom stereocenters. The zero-order valence-electron chi connectivity index (χ0n) is 15.8. The summed E-state index contributed by atoms with van der Waals surface area (Å²) in [5.41, 5.74) is 3.81. The van der Waals surface area contributed by atoms with Crippen LogP contribution in [0.2, 0.25) is 0 Å². The summed E-state index contributed by atoms with van der Waals surface area (Å²) in [7, 11) is 0. The van der Waals surface area contributed by atoms with E-state index in [4.69, 9.17) is 12.2 Å². The van der Waals surface area contributed by atoms with E-state index in [0.717, 1.165) is 31.0 Å². The SMILES string of the molecule is S=C(Nc1ccc(N2CCc3ccccc3C2)nc1)NC1CCCCCC1. The van der Waals surface area contributed by atoms with Crippen molar-refractivity contribution >= 4 is 28.8 Å². The van der Waals surface area contributed by atoms with Gasteiger partial charge in [-0.3, -0.25) is 0 Å². The first-order valence-electron chi connectivity index (χ1n) is 10.1. The number of nitrogens with one attached hydrogen (secondary N) is 2. The summed E-state index contributed by atoms with van der Waals surface area (Å²) in [6, 6.07) is 13.4. The van der Waals surface area contributed by atoms with Gasteiger partial charge in [0.25, 0.3) is 0 Å². The quantitative estimate of drug-likeness (QED) is 0.599. The molecule has 27 heavy (non-hydrogen) atoms. The van der Waals surface area contributed by atoms with Gasteiger partial charge in [0.2, 0.25) is 0 Å². The van der Waals surface area contributed by atoms with Gasteiger partial charge in [-0.05, 0) is 54.7 Å². The van der Waals surface area contributed by atoms with Crippen LogP contribution < -0.4 is 15.5 Å². The maximum atomic E-state index is 5.50. The molecule has 2 N–H and O–H groups in total. The molecular formula is C22H28N4S. The van der Waals surface area contributed by atoms with E-state index in [2.05, 4.69) is 56.9 Å². The molecule has 0 atom stereocenters. The van der Waals surface area contributed by atoms with E-state index >= 15 is 0 Å². The van der Waals surface area contributed by atoms with Crippen molar-refractivity contribution < 1.29 is 0 Å². The van der Waals surface area contributed by atoms with Crippen LogP contribution in [0.3, 0.4) is 0 Å². The number of hydrogen-bond donors (Lipinski definition) is 2. The van der Waals surface area contributed by atoms with Gasteiger partial charge in [-0.25, -0.2) is 4.98 Å². The summed E-state index contributed by atoms with van der Waals surface area (Å²) in [6.07, 6.45) is 10.7. The van der Waals surface area contributed by atoms with E-state index in [1.54, 1.807) is 0 Å². The minimum Gasteiger partial charge on any atom is -0.360 e. The molecule has 1 aliphatic heterocycles. The van der Waals surface area contributed by atoms with Crippen molar-refractivity contribution in [1.82, 2.24) is 10.3 Å². The Balaban J connectivity index is 1.33. The maximum absolute atomic E-state index is 5.50. The first-order chi connectivity index (χ1) is 13.3. The van der Waals surface area contributed by atoms with Crippen LogP contribution in [0.1, 0.15) is 49.7 Å². The van der Waals surface area contributed by atoms with Crippen molar-refractivity contribution in [1.29, 1.82) is 0 Å². The van der Waals surface area contributed by atoms with Crippen LogP contribution in [0, 0.1) is 0 Å². The van der Waals surface area contributed by atoms with Crippen molar-refractivity contribution in [2.24, 2.45) is 0 Å². The van der Waals surface area contributed by atoms with Crippen LogP contribution in [0.25, 0.3) is 0 Å². The molecule has 2 aromatic rings. The summed E-state index contributed by atoms with van der Waals surface area (Å²) in [4.78, 5) is 7.01. The highest BCUT2D eigenvalue weighted by Crippen LogP contribution is 2.23. The fourth-order valence-electron chi connectivity index (χ4n) is 4.11. The molecule has 142 valence electrons. The van der Waals surface area contributed by atoms with Crippen LogP contribution in [-0.2, 0) is 13.0 Å². The van der Waals surface area contributed by atoms with E-state index in [9.17, 15) is 0 Å². The molecule has 0 amide bonds. The van der Waals surface area contributed by atoms with Gasteiger partial charge in [0.15, 0.2) is 5.11 Å². The Hall–Kier alpha value is -2.14. The van der Waals surface area contributed by atoms with Gasteiger partial charge in [-0.15, -0.1) is 0 Å². The third kappa shape index (κ3) is 4.78. The van der Waals surface area contributed by atoms with Crippen molar-refractivity contribution in [3.63, 3.8) is 0 Å². The van der Waals surface area contributed by atoms with Crippen LogP contribution in [0.4, 0.5) is 11.5 Å². The fraction of sp³-hybridized carbons (Fsp3) is 0.455. The summed E-state index contributed by atoms with van der Waals surface area (Å²) in [5.74, 6) is 1.03. The standard InChI is InChI=1S/C22H28N4S/c27-22(24-19-9-3-1-2-4-10-19)25-20-11-12-21(23-15-20)26-14-13-17-7-5-6-8-18(17)16-26/h5-8,11-12,15,19H,1-4,9-10,13-14,16H2,(H2,24,25,27). The van der Waals surface area contributed by atoms with E-state index in [1.807, 2.05) is 6.20 Å². The summed E-state index contributed by atoms with van der Waals surface area (Å²) >= 11 is 5.50. The van der Waals surface area contributed by atoms with E-state index in [1.165, 1.54) is 49.7 Å². The zero-order chi connectivity index (χ0) is 18.5.